The number of aromatic nitrogens is 2. The van der Waals surface area contributed by atoms with Gasteiger partial charge in [0.2, 0.25) is 0 Å². The molecule has 1 heterocycles. The predicted octanol–water partition coefficient (Wildman–Crippen LogP) is 2.23. The summed E-state index contributed by atoms with van der Waals surface area (Å²) in [7, 11) is 0. The van der Waals surface area contributed by atoms with Crippen LogP contribution in [0.3, 0.4) is 0 Å². The van der Waals surface area contributed by atoms with E-state index in [2.05, 4.69) is 24.3 Å². The zero-order chi connectivity index (χ0) is 14.7. The third-order valence-electron chi connectivity index (χ3n) is 4.10. The summed E-state index contributed by atoms with van der Waals surface area (Å²) in [6, 6.07) is 0.133. The summed E-state index contributed by atoms with van der Waals surface area (Å²) < 4.78 is 2.01. The Labute approximate surface area is 120 Å². The SMILES string of the molecule is CCC(CO)NC(=O)c1cnn(C(C)CC)c1C1CC1. The van der Waals surface area contributed by atoms with Crippen molar-refractivity contribution in [3.8, 4) is 0 Å². The van der Waals surface area contributed by atoms with E-state index >= 15 is 0 Å². The molecular weight excluding hydrogens is 254 g/mol. The fourth-order valence-corrected chi connectivity index (χ4v) is 2.37. The maximum atomic E-state index is 12.4. The molecule has 2 N–H and O–H groups in total. The van der Waals surface area contributed by atoms with Crippen LogP contribution >= 0.6 is 0 Å². The van der Waals surface area contributed by atoms with Crippen LogP contribution in [-0.2, 0) is 0 Å². The first-order chi connectivity index (χ1) is 9.62. The Bertz CT molecular complexity index is 462. The zero-order valence-electron chi connectivity index (χ0n) is 12.6. The maximum Gasteiger partial charge on any atom is 0.255 e. The molecule has 5 nitrogen and oxygen atoms in total. The Morgan fingerprint density at radius 1 is 1.50 bits per heavy atom. The third-order valence-corrected chi connectivity index (χ3v) is 4.10. The Hall–Kier alpha value is -1.36. The molecule has 112 valence electrons. The number of aliphatic hydroxyl groups is 1. The van der Waals surface area contributed by atoms with Crippen LogP contribution in [-0.4, -0.2) is 33.4 Å². The van der Waals surface area contributed by atoms with Gasteiger partial charge in [-0.15, -0.1) is 0 Å². The van der Waals surface area contributed by atoms with Crippen molar-refractivity contribution in [3.05, 3.63) is 17.5 Å². The smallest absolute Gasteiger partial charge is 0.255 e. The number of amides is 1. The van der Waals surface area contributed by atoms with Crippen molar-refractivity contribution in [1.29, 1.82) is 0 Å². The highest BCUT2D eigenvalue weighted by atomic mass is 16.3. The lowest BCUT2D eigenvalue weighted by Gasteiger charge is -2.16. The van der Waals surface area contributed by atoms with Crippen LogP contribution in [0.5, 0.6) is 0 Å². The van der Waals surface area contributed by atoms with E-state index in [1.807, 2.05) is 11.6 Å². The van der Waals surface area contributed by atoms with Gasteiger partial charge < -0.3 is 10.4 Å². The highest BCUT2D eigenvalue weighted by Gasteiger charge is 2.33. The van der Waals surface area contributed by atoms with Crippen molar-refractivity contribution in [2.24, 2.45) is 0 Å². The van der Waals surface area contributed by atoms with E-state index in [1.54, 1.807) is 6.20 Å². The van der Waals surface area contributed by atoms with Crippen molar-refractivity contribution in [1.82, 2.24) is 15.1 Å². The van der Waals surface area contributed by atoms with Gasteiger partial charge in [0.15, 0.2) is 0 Å². The quantitative estimate of drug-likeness (QED) is 0.804. The largest absolute Gasteiger partial charge is 0.394 e. The number of hydrogen-bond donors (Lipinski definition) is 2. The van der Waals surface area contributed by atoms with Gasteiger partial charge in [0.25, 0.3) is 5.91 Å². The number of carbonyl (C=O) groups excluding carboxylic acids is 1. The summed E-state index contributed by atoms with van der Waals surface area (Å²) in [4.78, 5) is 12.4. The Balaban J connectivity index is 2.23. The van der Waals surface area contributed by atoms with Gasteiger partial charge >= 0.3 is 0 Å². The summed E-state index contributed by atoms with van der Waals surface area (Å²) in [6.07, 6.45) is 5.68. The van der Waals surface area contributed by atoms with Gasteiger partial charge in [-0.2, -0.15) is 5.10 Å². The minimum Gasteiger partial charge on any atom is -0.394 e. The van der Waals surface area contributed by atoms with Crippen LogP contribution in [0.25, 0.3) is 0 Å². The van der Waals surface area contributed by atoms with Gasteiger partial charge in [0.05, 0.1) is 30.1 Å². The van der Waals surface area contributed by atoms with E-state index in [9.17, 15) is 9.90 Å². The van der Waals surface area contributed by atoms with Crippen LogP contribution < -0.4 is 5.32 Å². The Morgan fingerprint density at radius 2 is 2.20 bits per heavy atom. The molecule has 1 aliphatic rings. The Morgan fingerprint density at radius 3 is 2.70 bits per heavy atom. The fourth-order valence-electron chi connectivity index (χ4n) is 2.37. The van der Waals surface area contributed by atoms with E-state index in [-0.39, 0.29) is 18.6 Å². The Kier molecular flexibility index (Phi) is 4.81. The average molecular weight is 279 g/mol. The lowest BCUT2D eigenvalue weighted by atomic mass is 10.1. The second-order valence-electron chi connectivity index (χ2n) is 5.68. The summed E-state index contributed by atoms with van der Waals surface area (Å²) in [5.74, 6) is 0.365. The van der Waals surface area contributed by atoms with Gasteiger partial charge in [0, 0.05) is 12.0 Å². The highest BCUT2D eigenvalue weighted by Crippen LogP contribution is 2.42. The average Bonchev–Trinajstić information content (AvgIpc) is 3.21. The first kappa shape index (κ1) is 15.0. The lowest BCUT2D eigenvalue weighted by molar-refractivity contribution is 0.0913. The molecule has 1 aromatic heterocycles. The first-order valence-corrected chi connectivity index (χ1v) is 7.61. The molecule has 2 rings (SSSR count). The minimum atomic E-state index is -0.179. The predicted molar refractivity (Wildman–Crippen MR) is 77.8 cm³/mol. The maximum absolute atomic E-state index is 12.4. The third kappa shape index (κ3) is 3.03. The molecule has 0 bridgehead atoms. The molecule has 1 saturated carbocycles. The number of aliphatic hydroxyl groups excluding tert-OH is 1. The number of rotatable bonds is 7. The second kappa shape index (κ2) is 6.39. The molecule has 0 radical (unpaired) electrons. The van der Waals surface area contributed by atoms with E-state index in [1.165, 1.54) is 0 Å². The van der Waals surface area contributed by atoms with Gasteiger partial charge in [-0.3, -0.25) is 9.48 Å². The van der Waals surface area contributed by atoms with Crippen LogP contribution in [0.2, 0.25) is 0 Å². The number of nitrogens with one attached hydrogen (secondary N) is 1. The molecule has 20 heavy (non-hydrogen) atoms. The number of carbonyl (C=O) groups is 1. The van der Waals surface area contributed by atoms with Crippen LogP contribution in [0.15, 0.2) is 6.20 Å². The fraction of sp³-hybridized carbons (Fsp3) is 0.733. The van der Waals surface area contributed by atoms with Crippen molar-refractivity contribution in [2.45, 2.75) is 64.5 Å². The van der Waals surface area contributed by atoms with Crippen molar-refractivity contribution >= 4 is 5.91 Å². The van der Waals surface area contributed by atoms with E-state index in [0.29, 0.717) is 17.5 Å². The molecule has 1 fully saturated rings. The van der Waals surface area contributed by atoms with Crippen molar-refractivity contribution in [2.75, 3.05) is 6.61 Å². The van der Waals surface area contributed by atoms with Crippen LogP contribution in [0.1, 0.15) is 74.5 Å². The standard InChI is InChI=1S/C15H25N3O2/c1-4-10(3)18-14(11-6-7-11)13(8-16-18)15(20)17-12(5-2)9-19/h8,10-12,19H,4-7,9H2,1-3H3,(H,17,20). The summed E-state index contributed by atoms with van der Waals surface area (Å²) in [5.41, 5.74) is 1.75. The van der Waals surface area contributed by atoms with Gasteiger partial charge in [-0.05, 0) is 32.6 Å². The van der Waals surface area contributed by atoms with Crippen molar-refractivity contribution < 1.29 is 9.90 Å². The molecule has 5 heteroatoms. The van der Waals surface area contributed by atoms with E-state index in [4.69, 9.17) is 0 Å². The van der Waals surface area contributed by atoms with Crippen molar-refractivity contribution in [3.63, 3.8) is 0 Å². The van der Waals surface area contributed by atoms with Gasteiger partial charge in [-0.25, -0.2) is 0 Å². The normalized spacial score (nSPS) is 17.8. The molecular formula is C15H25N3O2. The number of nitrogens with zero attached hydrogens (tertiary/aromatic N) is 2. The molecule has 1 amide bonds. The van der Waals surface area contributed by atoms with E-state index < -0.39 is 0 Å². The van der Waals surface area contributed by atoms with Crippen LogP contribution in [0.4, 0.5) is 0 Å². The molecule has 0 spiro atoms. The lowest BCUT2D eigenvalue weighted by Crippen LogP contribution is -2.37. The van der Waals surface area contributed by atoms with E-state index in [0.717, 1.165) is 31.4 Å². The second-order valence-corrected chi connectivity index (χ2v) is 5.68. The molecule has 0 aromatic carbocycles. The molecule has 0 saturated heterocycles. The summed E-state index contributed by atoms with van der Waals surface area (Å²) >= 11 is 0. The topological polar surface area (TPSA) is 67.2 Å². The molecule has 1 aromatic rings. The van der Waals surface area contributed by atoms with Gasteiger partial charge in [-0.1, -0.05) is 13.8 Å². The summed E-state index contributed by atoms with van der Waals surface area (Å²) in [6.45, 7) is 6.18. The summed E-state index contributed by atoms with van der Waals surface area (Å²) in [5, 5.41) is 16.5. The molecule has 2 atom stereocenters. The highest BCUT2D eigenvalue weighted by molar-refractivity contribution is 5.95. The molecule has 0 aliphatic heterocycles. The minimum absolute atomic E-state index is 0.0273. The zero-order valence-corrected chi connectivity index (χ0v) is 12.6. The number of hydrogen-bond acceptors (Lipinski definition) is 3. The van der Waals surface area contributed by atoms with Crippen LogP contribution in [0, 0.1) is 0 Å². The molecule has 1 aliphatic carbocycles. The first-order valence-electron chi connectivity index (χ1n) is 7.61. The monoisotopic (exact) mass is 279 g/mol. The molecule has 2 unspecified atom stereocenters. The van der Waals surface area contributed by atoms with Gasteiger partial charge in [0.1, 0.15) is 0 Å².